The van der Waals surface area contributed by atoms with Crippen molar-refractivity contribution in [3.05, 3.63) is 29.8 Å². The van der Waals surface area contributed by atoms with Crippen molar-refractivity contribution in [1.82, 2.24) is 10.6 Å². The lowest BCUT2D eigenvalue weighted by atomic mass is 9.60. The Labute approximate surface area is 160 Å². The van der Waals surface area contributed by atoms with Crippen LogP contribution in [0.4, 0.5) is 0 Å². The van der Waals surface area contributed by atoms with Crippen LogP contribution in [-0.4, -0.2) is 37.3 Å². The number of fused-ring (bicyclic) bond motifs is 3. The van der Waals surface area contributed by atoms with Gasteiger partial charge in [0.2, 0.25) is 5.91 Å². The number of nitrogens with one attached hydrogen (secondary N) is 2. The minimum absolute atomic E-state index is 0.0131. The van der Waals surface area contributed by atoms with Gasteiger partial charge in [-0.2, -0.15) is 0 Å². The van der Waals surface area contributed by atoms with Crippen molar-refractivity contribution >= 4 is 11.8 Å². The molecule has 3 fully saturated rings. The number of benzene rings is 1. The summed E-state index contributed by atoms with van der Waals surface area (Å²) in [7, 11) is 0. The zero-order valence-corrected chi connectivity index (χ0v) is 15.8. The topological polar surface area (TPSA) is 76.7 Å². The molecule has 4 atom stereocenters. The summed E-state index contributed by atoms with van der Waals surface area (Å²) in [4.78, 5) is 25.3. The van der Waals surface area contributed by atoms with Crippen LogP contribution in [0, 0.1) is 17.8 Å². The van der Waals surface area contributed by atoms with E-state index in [1.165, 1.54) is 0 Å². The molecule has 6 nitrogen and oxygen atoms in total. The van der Waals surface area contributed by atoms with Gasteiger partial charge in [-0.25, -0.2) is 0 Å². The van der Waals surface area contributed by atoms with Crippen LogP contribution in [0.5, 0.6) is 5.75 Å². The van der Waals surface area contributed by atoms with Crippen molar-refractivity contribution in [2.75, 3.05) is 19.8 Å². The molecule has 5 rings (SSSR count). The second-order valence-corrected chi connectivity index (χ2v) is 7.86. The van der Waals surface area contributed by atoms with E-state index in [4.69, 9.17) is 9.47 Å². The van der Waals surface area contributed by atoms with Crippen LogP contribution in [0.25, 0.3) is 0 Å². The molecule has 0 saturated heterocycles. The molecule has 0 aromatic heterocycles. The van der Waals surface area contributed by atoms with E-state index in [0.29, 0.717) is 37.5 Å². The third-order valence-electron chi connectivity index (χ3n) is 6.27. The molecule has 0 unspecified atom stereocenters. The van der Waals surface area contributed by atoms with E-state index in [1.807, 2.05) is 25.1 Å². The Morgan fingerprint density at radius 1 is 1.37 bits per heavy atom. The fraction of sp³-hybridized carbons (Fsp3) is 0.619. The highest BCUT2D eigenvalue weighted by Crippen LogP contribution is 2.52. The molecule has 1 aliphatic heterocycles. The molecule has 1 aromatic carbocycles. The summed E-state index contributed by atoms with van der Waals surface area (Å²) in [5, 5.41) is 6.20. The average molecular weight is 372 g/mol. The van der Waals surface area contributed by atoms with E-state index in [-0.39, 0.29) is 29.6 Å². The molecular weight excluding hydrogens is 344 g/mol. The summed E-state index contributed by atoms with van der Waals surface area (Å²) in [5.74, 6) is 1.15. The van der Waals surface area contributed by atoms with Gasteiger partial charge >= 0.3 is 0 Å². The Morgan fingerprint density at radius 2 is 2.22 bits per heavy atom. The van der Waals surface area contributed by atoms with Gasteiger partial charge in [0.15, 0.2) is 5.72 Å². The van der Waals surface area contributed by atoms with E-state index in [1.54, 1.807) is 6.07 Å². The summed E-state index contributed by atoms with van der Waals surface area (Å²) in [6.45, 7) is 4.00. The van der Waals surface area contributed by atoms with Gasteiger partial charge < -0.3 is 20.1 Å². The summed E-state index contributed by atoms with van der Waals surface area (Å²) in [6.07, 6.45) is 4.31. The smallest absolute Gasteiger partial charge is 0.258 e. The van der Waals surface area contributed by atoms with Crippen LogP contribution >= 0.6 is 0 Å². The van der Waals surface area contributed by atoms with Crippen LogP contribution in [0.3, 0.4) is 0 Å². The van der Waals surface area contributed by atoms with Crippen LogP contribution in [0.2, 0.25) is 0 Å². The molecule has 3 saturated carbocycles. The van der Waals surface area contributed by atoms with Gasteiger partial charge in [0, 0.05) is 38.0 Å². The van der Waals surface area contributed by atoms with Crippen molar-refractivity contribution in [1.29, 1.82) is 0 Å². The number of carbonyl (C=O) groups excluding carboxylic acids is 2. The molecule has 2 N–H and O–H groups in total. The van der Waals surface area contributed by atoms with E-state index >= 15 is 0 Å². The van der Waals surface area contributed by atoms with Crippen molar-refractivity contribution in [2.45, 2.75) is 44.8 Å². The first-order chi connectivity index (χ1) is 13.1. The van der Waals surface area contributed by atoms with E-state index in [0.717, 1.165) is 25.7 Å². The quantitative estimate of drug-likeness (QED) is 0.752. The minimum Gasteiger partial charge on any atom is -0.467 e. The van der Waals surface area contributed by atoms with Crippen LogP contribution in [0.1, 0.15) is 49.4 Å². The first-order valence-corrected chi connectivity index (χ1v) is 10.1. The molecule has 27 heavy (non-hydrogen) atoms. The van der Waals surface area contributed by atoms with Crippen molar-refractivity contribution < 1.29 is 19.1 Å². The molecule has 6 heteroatoms. The first-order valence-electron chi connectivity index (χ1n) is 10.1. The molecular formula is C21H28N2O4. The molecule has 1 heterocycles. The SMILES string of the molecule is CCOCCCNC(=O)[C@@H]1C[C@H]2CC[C@H]1C[C@]21NC(=O)c2ccccc2O1. The second kappa shape index (κ2) is 7.50. The standard InChI is InChI=1S/C21H28N2O4/c1-2-26-11-5-10-22-19(24)17-12-15-9-8-14(17)13-21(15)23-20(25)16-6-3-4-7-18(16)27-21/h3-4,6-7,14-15,17H,2,5,8-13H2,1H3,(H,22,24)(H,23,25)/t14-,15+,17+,21+/m0/s1. The molecule has 146 valence electrons. The maximum Gasteiger partial charge on any atom is 0.258 e. The summed E-state index contributed by atoms with van der Waals surface area (Å²) in [6, 6.07) is 7.39. The maximum absolute atomic E-state index is 12.7. The highest BCUT2D eigenvalue weighted by Gasteiger charge is 2.57. The maximum atomic E-state index is 12.7. The Balaban J connectivity index is 1.41. The lowest BCUT2D eigenvalue weighted by molar-refractivity contribution is -0.146. The zero-order chi connectivity index (χ0) is 18.9. The van der Waals surface area contributed by atoms with Gasteiger partial charge in [-0.1, -0.05) is 12.1 Å². The van der Waals surface area contributed by atoms with E-state index in [9.17, 15) is 9.59 Å². The van der Waals surface area contributed by atoms with Crippen molar-refractivity contribution in [3.63, 3.8) is 0 Å². The molecule has 2 amide bonds. The Kier molecular flexibility index (Phi) is 5.08. The summed E-state index contributed by atoms with van der Waals surface area (Å²) >= 11 is 0. The highest BCUT2D eigenvalue weighted by molar-refractivity contribution is 5.98. The number of hydrogen-bond donors (Lipinski definition) is 2. The predicted molar refractivity (Wildman–Crippen MR) is 100 cm³/mol. The van der Waals surface area contributed by atoms with Crippen LogP contribution < -0.4 is 15.4 Å². The first kappa shape index (κ1) is 18.3. The Bertz CT molecular complexity index is 722. The number of amides is 2. The zero-order valence-electron chi connectivity index (χ0n) is 15.8. The normalized spacial score (nSPS) is 31.1. The molecule has 1 aromatic rings. The van der Waals surface area contributed by atoms with Gasteiger partial charge in [0.1, 0.15) is 5.75 Å². The van der Waals surface area contributed by atoms with Gasteiger partial charge in [0.05, 0.1) is 5.56 Å². The highest BCUT2D eigenvalue weighted by atomic mass is 16.5. The summed E-state index contributed by atoms with van der Waals surface area (Å²) in [5.41, 5.74) is -0.0618. The molecule has 4 aliphatic rings. The van der Waals surface area contributed by atoms with Crippen molar-refractivity contribution in [2.24, 2.45) is 17.8 Å². The average Bonchev–Trinajstić information content (AvgIpc) is 2.68. The van der Waals surface area contributed by atoms with Gasteiger partial charge in [-0.05, 0) is 50.7 Å². The largest absolute Gasteiger partial charge is 0.467 e. The summed E-state index contributed by atoms with van der Waals surface area (Å²) < 4.78 is 11.7. The third-order valence-corrected chi connectivity index (χ3v) is 6.27. The monoisotopic (exact) mass is 372 g/mol. The molecule has 0 radical (unpaired) electrons. The van der Waals surface area contributed by atoms with Crippen LogP contribution in [0.15, 0.2) is 24.3 Å². The Hall–Kier alpha value is -2.08. The van der Waals surface area contributed by atoms with Gasteiger partial charge in [-0.3, -0.25) is 9.59 Å². The lowest BCUT2D eigenvalue weighted by Crippen LogP contribution is -2.66. The number of hydrogen-bond acceptors (Lipinski definition) is 4. The van der Waals surface area contributed by atoms with E-state index in [2.05, 4.69) is 10.6 Å². The number of rotatable bonds is 6. The molecule has 3 aliphatic carbocycles. The Morgan fingerprint density at radius 3 is 3.00 bits per heavy atom. The predicted octanol–water partition coefficient (Wildman–Crippen LogP) is 2.48. The molecule has 2 bridgehead atoms. The van der Waals surface area contributed by atoms with E-state index < -0.39 is 5.72 Å². The number of ether oxygens (including phenoxy) is 2. The number of carbonyl (C=O) groups is 2. The minimum atomic E-state index is -0.653. The van der Waals surface area contributed by atoms with Gasteiger partial charge in [-0.15, -0.1) is 0 Å². The molecule has 1 spiro atoms. The number of para-hydroxylation sites is 1. The fourth-order valence-electron chi connectivity index (χ4n) is 4.94. The second-order valence-electron chi connectivity index (χ2n) is 7.86. The van der Waals surface area contributed by atoms with Crippen LogP contribution in [-0.2, 0) is 9.53 Å². The third kappa shape index (κ3) is 3.43. The van der Waals surface area contributed by atoms with Crippen molar-refractivity contribution in [3.8, 4) is 5.75 Å². The van der Waals surface area contributed by atoms with Gasteiger partial charge in [0.25, 0.3) is 5.91 Å². The lowest BCUT2D eigenvalue weighted by Gasteiger charge is -2.55. The fourth-order valence-corrected chi connectivity index (χ4v) is 4.94.